The summed E-state index contributed by atoms with van der Waals surface area (Å²) >= 11 is 5.62. The molecular weight excluding hydrogens is 294 g/mol. The number of nitrogens with one attached hydrogen (secondary N) is 1. The number of esters is 1. The van der Waals surface area contributed by atoms with Gasteiger partial charge in [-0.3, -0.25) is 4.79 Å². The average molecular weight is 314 g/mol. The fourth-order valence-corrected chi connectivity index (χ4v) is 1.62. The number of hydrogen-bond donors (Lipinski definition) is 1. The minimum atomic E-state index is -0.755. The molecule has 0 aromatic carbocycles. The van der Waals surface area contributed by atoms with Crippen LogP contribution >= 0.6 is 11.6 Å². The summed E-state index contributed by atoms with van der Waals surface area (Å²) in [5.41, 5.74) is -0.525. The third-order valence-electron chi connectivity index (χ3n) is 2.48. The molecule has 0 unspecified atom stereocenters. The highest BCUT2D eigenvalue weighted by Crippen LogP contribution is 2.13. The number of carbonyl (C=O) groups is 2. The number of rotatable bonds is 4. The van der Waals surface area contributed by atoms with Crippen molar-refractivity contribution in [3.8, 4) is 0 Å². The van der Waals surface area contributed by atoms with Crippen molar-refractivity contribution in [2.45, 2.75) is 46.3 Å². The SMILES string of the molecule is CC(C)[C@H](NC(=O)c1ccc(Cl)nn1)C(=O)OC(C)(C)C. The van der Waals surface area contributed by atoms with Crippen LogP contribution in [-0.2, 0) is 9.53 Å². The van der Waals surface area contributed by atoms with Crippen LogP contribution in [0.25, 0.3) is 0 Å². The van der Waals surface area contributed by atoms with Gasteiger partial charge in [0.15, 0.2) is 10.8 Å². The molecule has 21 heavy (non-hydrogen) atoms. The van der Waals surface area contributed by atoms with Crippen LogP contribution in [0.3, 0.4) is 0 Å². The summed E-state index contributed by atoms with van der Waals surface area (Å²) in [7, 11) is 0. The second-order valence-electron chi connectivity index (χ2n) is 5.97. The minimum Gasteiger partial charge on any atom is -0.458 e. The number of carbonyl (C=O) groups excluding carboxylic acids is 2. The van der Waals surface area contributed by atoms with Gasteiger partial charge in [0.1, 0.15) is 11.6 Å². The number of aromatic nitrogens is 2. The Morgan fingerprint density at radius 1 is 1.24 bits per heavy atom. The molecule has 7 heteroatoms. The van der Waals surface area contributed by atoms with E-state index in [4.69, 9.17) is 16.3 Å². The van der Waals surface area contributed by atoms with Crippen LogP contribution in [-0.4, -0.2) is 33.7 Å². The summed E-state index contributed by atoms with van der Waals surface area (Å²) < 4.78 is 5.31. The summed E-state index contributed by atoms with van der Waals surface area (Å²) in [6, 6.07) is 2.15. The van der Waals surface area contributed by atoms with Gasteiger partial charge in [0, 0.05) is 0 Å². The molecule has 1 N–H and O–H groups in total. The molecule has 1 rings (SSSR count). The molecule has 0 saturated heterocycles. The van der Waals surface area contributed by atoms with E-state index < -0.39 is 23.5 Å². The monoisotopic (exact) mass is 313 g/mol. The molecule has 0 aliphatic rings. The van der Waals surface area contributed by atoms with Gasteiger partial charge in [-0.15, -0.1) is 10.2 Å². The van der Waals surface area contributed by atoms with Crippen molar-refractivity contribution in [3.63, 3.8) is 0 Å². The Bertz CT molecular complexity index is 509. The van der Waals surface area contributed by atoms with Crippen molar-refractivity contribution >= 4 is 23.5 Å². The molecule has 6 nitrogen and oxygen atoms in total. The zero-order chi connectivity index (χ0) is 16.2. The lowest BCUT2D eigenvalue weighted by atomic mass is 10.0. The van der Waals surface area contributed by atoms with Crippen LogP contribution in [0.2, 0.25) is 5.15 Å². The standard InChI is InChI=1S/C14H20ClN3O3/c1-8(2)11(13(20)21-14(3,4)5)16-12(19)9-6-7-10(15)18-17-9/h6-8,11H,1-5H3,(H,16,19)/t11-/m0/s1. The van der Waals surface area contributed by atoms with Gasteiger partial charge in [0.25, 0.3) is 5.91 Å². The van der Waals surface area contributed by atoms with E-state index in [1.54, 1.807) is 20.8 Å². The highest BCUT2D eigenvalue weighted by atomic mass is 35.5. The highest BCUT2D eigenvalue weighted by Gasteiger charge is 2.29. The molecule has 0 aliphatic heterocycles. The van der Waals surface area contributed by atoms with Gasteiger partial charge >= 0.3 is 5.97 Å². The number of hydrogen-bond acceptors (Lipinski definition) is 5. The zero-order valence-corrected chi connectivity index (χ0v) is 13.6. The highest BCUT2D eigenvalue weighted by molar-refractivity contribution is 6.29. The molecule has 1 aromatic heterocycles. The maximum atomic E-state index is 12.1. The maximum Gasteiger partial charge on any atom is 0.329 e. The molecule has 1 heterocycles. The predicted molar refractivity (Wildman–Crippen MR) is 79.0 cm³/mol. The lowest BCUT2D eigenvalue weighted by Crippen LogP contribution is -2.47. The van der Waals surface area contributed by atoms with E-state index in [0.717, 1.165) is 0 Å². The Morgan fingerprint density at radius 3 is 2.29 bits per heavy atom. The van der Waals surface area contributed by atoms with Gasteiger partial charge in [0.05, 0.1) is 0 Å². The number of nitrogens with zero attached hydrogens (tertiary/aromatic N) is 2. The molecule has 1 aromatic rings. The normalized spacial score (nSPS) is 12.9. The van der Waals surface area contributed by atoms with Gasteiger partial charge in [-0.1, -0.05) is 25.4 Å². The lowest BCUT2D eigenvalue weighted by Gasteiger charge is -2.26. The van der Waals surface area contributed by atoms with Crippen molar-refractivity contribution in [2.24, 2.45) is 5.92 Å². The van der Waals surface area contributed by atoms with Crippen LogP contribution in [0, 0.1) is 5.92 Å². The number of amides is 1. The number of ether oxygens (including phenoxy) is 1. The first-order valence-corrected chi connectivity index (χ1v) is 7.01. The maximum absolute atomic E-state index is 12.1. The first-order chi connectivity index (χ1) is 9.60. The second-order valence-corrected chi connectivity index (χ2v) is 6.36. The first kappa shape index (κ1) is 17.4. The van der Waals surface area contributed by atoms with Crippen molar-refractivity contribution < 1.29 is 14.3 Å². The zero-order valence-electron chi connectivity index (χ0n) is 12.8. The van der Waals surface area contributed by atoms with Gasteiger partial charge in [-0.25, -0.2) is 4.79 Å². The van der Waals surface area contributed by atoms with E-state index >= 15 is 0 Å². The topological polar surface area (TPSA) is 81.2 Å². The summed E-state index contributed by atoms with van der Waals surface area (Å²) in [5, 5.41) is 10.1. The lowest BCUT2D eigenvalue weighted by molar-refractivity contribution is -0.158. The van der Waals surface area contributed by atoms with Gasteiger partial charge in [-0.05, 0) is 38.8 Å². The Morgan fingerprint density at radius 2 is 1.86 bits per heavy atom. The fourth-order valence-electron chi connectivity index (χ4n) is 1.52. The molecular formula is C14H20ClN3O3. The number of halogens is 1. The van der Waals surface area contributed by atoms with Crippen LogP contribution in [0.15, 0.2) is 12.1 Å². The summed E-state index contributed by atoms with van der Waals surface area (Å²) in [4.78, 5) is 24.2. The summed E-state index contributed by atoms with van der Waals surface area (Å²) in [5.74, 6) is -1.10. The van der Waals surface area contributed by atoms with Crippen molar-refractivity contribution in [2.75, 3.05) is 0 Å². The first-order valence-electron chi connectivity index (χ1n) is 6.63. The van der Waals surface area contributed by atoms with Crippen molar-refractivity contribution in [1.82, 2.24) is 15.5 Å². The van der Waals surface area contributed by atoms with Gasteiger partial charge in [0.2, 0.25) is 0 Å². The van der Waals surface area contributed by atoms with E-state index in [9.17, 15) is 9.59 Å². The average Bonchev–Trinajstić information content (AvgIpc) is 2.33. The molecule has 0 bridgehead atoms. The van der Waals surface area contributed by atoms with E-state index in [-0.39, 0.29) is 16.8 Å². The van der Waals surface area contributed by atoms with E-state index in [1.807, 2.05) is 13.8 Å². The Kier molecular flexibility index (Phi) is 5.66. The molecule has 1 amide bonds. The molecule has 0 aliphatic carbocycles. The fraction of sp³-hybridized carbons (Fsp3) is 0.571. The van der Waals surface area contributed by atoms with E-state index in [2.05, 4.69) is 15.5 Å². The quantitative estimate of drug-likeness (QED) is 0.862. The van der Waals surface area contributed by atoms with Gasteiger partial charge in [-0.2, -0.15) is 0 Å². The predicted octanol–water partition coefficient (Wildman–Crippen LogP) is 2.23. The Hall–Kier alpha value is -1.69. The molecule has 0 radical (unpaired) electrons. The second kappa shape index (κ2) is 6.85. The largest absolute Gasteiger partial charge is 0.458 e. The van der Waals surface area contributed by atoms with Crippen molar-refractivity contribution in [3.05, 3.63) is 23.0 Å². The third-order valence-corrected chi connectivity index (χ3v) is 2.68. The van der Waals surface area contributed by atoms with Crippen LogP contribution in [0.5, 0.6) is 0 Å². The molecule has 0 fully saturated rings. The van der Waals surface area contributed by atoms with Crippen molar-refractivity contribution in [1.29, 1.82) is 0 Å². The van der Waals surface area contributed by atoms with Crippen LogP contribution < -0.4 is 5.32 Å². The van der Waals surface area contributed by atoms with Gasteiger partial charge < -0.3 is 10.1 Å². The Balaban J connectivity index is 2.81. The van der Waals surface area contributed by atoms with E-state index in [1.165, 1.54) is 12.1 Å². The third kappa shape index (κ3) is 5.67. The van der Waals surface area contributed by atoms with E-state index in [0.29, 0.717) is 0 Å². The molecule has 1 atom stereocenters. The molecule has 0 spiro atoms. The Labute approximate surface area is 129 Å². The molecule has 0 saturated carbocycles. The minimum absolute atomic E-state index is 0.0913. The molecule has 116 valence electrons. The smallest absolute Gasteiger partial charge is 0.329 e. The van der Waals surface area contributed by atoms with Crippen LogP contribution in [0.1, 0.15) is 45.1 Å². The van der Waals surface area contributed by atoms with Crippen LogP contribution in [0.4, 0.5) is 0 Å². The summed E-state index contributed by atoms with van der Waals surface area (Å²) in [6.45, 7) is 8.96. The summed E-state index contributed by atoms with van der Waals surface area (Å²) in [6.07, 6.45) is 0.